The number of carbonyl (C=O) groups is 2. The summed E-state index contributed by atoms with van der Waals surface area (Å²) in [6.45, 7) is 0.237. The number of nitrogens with two attached hydrogens (primary N) is 1. The Hall–Kier alpha value is -2.34. The van der Waals surface area contributed by atoms with Crippen LogP contribution in [0.4, 0.5) is 0 Å². The maximum absolute atomic E-state index is 11.7. The summed E-state index contributed by atoms with van der Waals surface area (Å²) in [5.74, 6) is -0.117. The van der Waals surface area contributed by atoms with Gasteiger partial charge in [-0.15, -0.1) is 0 Å². The van der Waals surface area contributed by atoms with Crippen LogP contribution < -0.4 is 15.8 Å². The van der Waals surface area contributed by atoms with Crippen molar-refractivity contribution in [1.82, 2.24) is 5.32 Å². The number of nitrogens with one attached hydrogen (secondary N) is 1. The molecule has 0 aromatic heterocycles. The van der Waals surface area contributed by atoms with Crippen LogP contribution in [0.5, 0.6) is 5.75 Å². The fourth-order valence-electron chi connectivity index (χ4n) is 1.77. The molecule has 0 atom stereocenters. The van der Waals surface area contributed by atoms with Crippen LogP contribution in [0.3, 0.4) is 0 Å². The SMILES string of the molecule is NC(=O)c1cccc(CNC(=O)COc2ccc(Br)cc2)c1. The second-order valence-electron chi connectivity index (χ2n) is 4.58. The fraction of sp³-hybridized carbons (Fsp3) is 0.125. The molecule has 6 heteroatoms. The van der Waals surface area contributed by atoms with Crippen LogP contribution in [0.2, 0.25) is 0 Å². The van der Waals surface area contributed by atoms with Crippen molar-refractivity contribution in [2.45, 2.75) is 6.54 Å². The molecule has 0 bridgehead atoms. The van der Waals surface area contributed by atoms with Crippen molar-refractivity contribution in [3.63, 3.8) is 0 Å². The Labute approximate surface area is 136 Å². The lowest BCUT2D eigenvalue weighted by atomic mass is 10.1. The summed E-state index contributed by atoms with van der Waals surface area (Å²) >= 11 is 3.32. The van der Waals surface area contributed by atoms with E-state index in [4.69, 9.17) is 10.5 Å². The molecule has 2 amide bonds. The summed E-state index contributed by atoms with van der Waals surface area (Å²) < 4.78 is 6.31. The minimum absolute atomic E-state index is 0.0723. The standard InChI is InChI=1S/C16H15BrN2O3/c17-13-4-6-14(7-5-13)22-10-15(20)19-9-11-2-1-3-12(8-11)16(18)21/h1-8H,9-10H2,(H2,18,21)(H,19,20). The van der Waals surface area contributed by atoms with Crippen molar-refractivity contribution in [2.75, 3.05) is 6.61 Å². The van der Waals surface area contributed by atoms with Gasteiger partial charge in [0.15, 0.2) is 6.61 Å². The fourth-order valence-corrected chi connectivity index (χ4v) is 2.03. The number of hydrogen-bond acceptors (Lipinski definition) is 3. The Kier molecular flexibility index (Phi) is 5.55. The lowest BCUT2D eigenvalue weighted by Crippen LogP contribution is -2.28. The number of primary amides is 1. The van der Waals surface area contributed by atoms with Gasteiger partial charge >= 0.3 is 0 Å². The number of carbonyl (C=O) groups excluding carboxylic acids is 2. The van der Waals surface area contributed by atoms with Crippen LogP contribution in [0, 0.1) is 0 Å². The number of halogens is 1. The highest BCUT2D eigenvalue weighted by Gasteiger charge is 2.05. The van der Waals surface area contributed by atoms with Crippen molar-refractivity contribution >= 4 is 27.7 Å². The van der Waals surface area contributed by atoms with E-state index in [0.717, 1.165) is 10.0 Å². The third-order valence-electron chi connectivity index (χ3n) is 2.88. The molecule has 0 radical (unpaired) electrons. The highest BCUT2D eigenvalue weighted by molar-refractivity contribution is 9.10. The zero-order chi connectivity index (χ0) is 15.9. The minimum atomic E-state index is -0.494. The van der Waals surface area contributed by atoms with Gasteiger partial charge < -0.3 is 15.8 Å². The van der Waals surface area contributed by atoms with Gasteiger partial charge in [-0.1, -0.05) is 28.1 Å². The molecule has 0 saturated carbocycles. The van der Waals surface area contributed by atoms with E-state index >= 15 is 0 Å². The highest BCUT2D eigenvalue weighted by Crippen LogP contribution is 2.15. The topological polar surface area (TPSA) is 81.4 Å². The first-order valence-corrected chi connectivity index (χ1v) is 7.38. The smallest absolute Gasteiger partial charge is 0.258 e. The van der Waals surface area contributed by atoms with Gasteiger partial charge in [-0.05, 0) is 42.0 Å². The second-order valence-corrected chi connectivity index (χ2v) is 5.50. The first-order valence-electron chi connectivity index (χ1n) is 6.58. The summed E-state index contributed by atoms with van der Waals surface area (Å²) in [5.41, 5.74) is 6.43. The molecule has 0 fully saturated rings. The number of benzene rings is 2. The summed E-state index contributed by atoms with van der Waals surface area (Å²) in [7, 11) is 0. The Balaban J connectivity index is 1.81. The van der Waals surface area contributed by atoms with Gasteiger partial charge in [-0.2, -0.15) is 0 Å². The number of amides is 2. The third-order valence-corrected chi connectivity index (χ3v) is 3.41. The maximum atomic E-state index is 11.7. The predicted octanol–water partition coefficient (Wildman–Crippen LogP) is 2.24. The molecule has 0 saturated heterocycles. The van der Waals surface area contributed by atoms with Crippen LogP contribution in [-0.2, 0) is 11.3 Å². The average molecular weight is 363 g/mol. The molecular weight excluding hydrogens is 348 g/mol. The van der Waals surface area contributed by atoms with E-state index in [-0.39, 0.29) is 12.5 Å². The summed E-state index contributed by atoms with van der Waals surface area (Å²) in [6, 6.07) is 14.0. The van der Waals surface area contributed by atoms with Gasteiger partial charge in [0.25, 0.3) is 5.91 Å². The van der Waals surface area contributed by atoms with Gasteiger partial charge in [-0.3, -0.25) is 9.59 Å². The number of ether oxygens (including phenoxy) is 1. The van der Waals surface area contributed by atoms with Gasteiger partial charge in [0, 0.05) is 16.6 Å². The predicted molar refractivity (Wildman–Crippen MR) is 86.4 cm³/mol. The molecule has 2 aromatic rings. The van der Waals surface area contributed by atoms with Crippen molar-refractivity contribution < 1.29 is 14.3 Å². The molecule has 5 nitrogen and oxygen atoms in total. The van der Waals surface area contributed by atoms with Gasteiger partial charge in [0.05, 0.1) is 0 Å². The lowest BCUT2D eigenvalue weighted by molar-refractivity contribution is -0.123. The largest absolute Gasteiger partial charge is 0.484 e. The van der Waals surface area contributed by atoms with E-state index in [1.54, 1.807) is 30.3 Å². The van der Waals surface area contributed by atoms with Crippen molar-refractivity contribution in [3.8, 4) is 5.75 Å². The Morgan fingerprint density at radius 1 is 1.14 bits per heavy atom. The highest BCUT2D eigenvalue weighted by atomic mass is 79.9. The van der Waals surface area contributed by atoms with E-state index in [9.17, 15) is 9.59 Å². The molecule has 0 aliphatic carbocycles. The number of hydrogen-bond donors (Lipinski definition) is 2. The van der Waals surface area contributed by atoms with Crippen molar-refractivity contribution in [3.05, 3.63) is 64.1 Å². The monoisotopic (exact) mass is 362 g/mol. The molecule has 0 aliphatic heterocycles. The molecule has 0 unspecified atom stereocenters. The van der Waals surface area contributed by atoms with Gasteiger partial charge in [0.1, 0.15) is 5.75 Å². The van der Waals surface area contributed by atoms with Crippen LogP contribution in [-0.4, -0.2) is 18.4 Å². The summed E-state index contributed by atoms with van der Waals surface area (Å²) in [4.78, 5) is 22.8. The summed E-state index contributed by atoms with van der Waals surface area (Å²) in [5, 5.41) is 2.72. The molecule has 22 heavy (non-hydrogen) atoms. The molecule has 3 N–H and O–H groups in total. The number of rotatable bonds is 6. The Bertz CT molecular complexity index is 671. The molecule has 2 aromatic carbocycles. The zero-order valence-corrected chi connectivity index (χ0v) is 13.3. The quantitative estimate of drug-likeness (QED) is 0.826. The summed E-state index contributed by atoms with van der Waals surface area (Å²) in [6.07, 6.45) is 0. The van der Waals surface area contributed by atoms with E-state index in [1.807, 2.05) is 18.2 Å². The van der Waals surface area contributed by atoms with Crippen LogP contribution >= 0.6 is 15.9 Å². The Morgan fingerprint density at radius 2 is 1.86 bits per heavy atom. The first-order chi connectivity index (χ1) is 10.5. The zero-order valence-electron chi connectivity index (χ0n) is 11.7. The van der Waals surface area contributed by atoms with Crippen LogP contribution in [0.25, 0.3) is 0 Å². The molecule has 2 rings (SSSR count). The van der Waals surface area contributed by atoms with Crippen molar-refractivity contribution in [2.24, 2.45) is 5.73 Å². The molecule has 0 heterocycles. The van der Waals surface area contributed by atoms with Crippen LogP contribution in [0.1, 0.15) is 15.9 Å². The molecular formula is C16H15BrN2O3. The third kappa shape index (κ3) is 4.89. The van der Waals surface area contributed by atoms with E-state index in [0.29, 0.717) is 17.9 Å². The molecule has 114 valence electrons. The average Bonchev–Trinajstić information content (AvgIpc) is 2.52. The van der Waals surface area contributed by atoms with Gasteiger partial charge in [-0.25, -0.2) is 0 Å². The first kappa shape index (κ1) is 16.0. The maximum Gasteiger partial charge on any atom is 0.258 e. The van der Waals surface area contributed by atoms with Crippen LogP contribution in [0.15, 0.2) is 53.0 Å². The minimum Gasteiger partial charge on any atom is -0.484 e. The van der Waals surface area contributed by atoms with E-state index in [1.165, 1.54) is 0 Å². The van der Waals surface area contributed by atoms with E-state index in [2.05, 4.69) is 21.2 Å². The van der Waals surface area contributed by atoms with E-state index < -0.39 is 5.91 Å². The van der Waals surface area contributed by atoms with Gasteiger partial charge in [0.2, 0.25) is 5.91 Å². The molecule has 0 aliphatic rings. The second kappa shape index (κ2) is 7.61. The van der Waals surface area contributed by atoms with Crippen molar-refractivity contribution in [1.29, 1.82) is 0 Å². The lowest BCUT2D eigenvalue weighted by Gasteiger charge is -2.08. The Morgan fingerprint density at radius 3 is 2.55 bits per heavy atom. The normalized spacial score (nSPS) is 10.0. The molecule has 0 spiro atoms.